The molecule has 1 aliphatic heterocycles. The molecule has 112 valence electrons. The van der Waals surface area contributed by atoms with E-state index in [1.54, 1.807) is 6.07 Å². The lowest BCUT2D eigenvalue weighted by Gasteiger charge is -2.24. The first kappa shape index (κ1) is 14.4. The van der Waals surface area contributed by atoms with Crippen molar-refractivity contribution in [2.75, 3.05) is 6.54 Å². The number of H-pyrrole nitrogens is 1. The van der Waals surface area contributed by atoms with Gasteiger partial charge in [-0.05, 0) is 49.2 Å². The Bertz CT molecular complexity index is 760. The molecule has 3 rings (SSSR count). The third-order valence-electron chi connectivity index (χ3n) is 3.97. The second kappa shape index (κ2) is 6.08. The van der Waals surface area contributed by atoms with Crippen LogP contribution in [0.3, 0.4) is 0 Å². The lowest BCUT2D eigenvalue weighted by molar-refractivity contribution is 0.242. The fourth-order valence-corrected chi connectivity index (χ4v) is 2.91. The zero-order chi connectivity index (χ0) is 15.5. The molecule has 2 aromatic rings. The van der Waals surface area contributed by atoms with Crippen molar-refractivity contribution in [3.8, 4) is 6.07 Å². The molecule has 1 fully saturated rings. The molecule has 0 saturated carbocycles. The van der Waals surface area contributed by atoms with Gasteiger partial charge in [-0.25, -0.2) is 9.49 Å². The van der Waals surface area contributed by atoms with Crippen molar-refractivity contribution in [2.24, 2.45) is 0 Å². The van der Waals surface area contributed by atoms with E-state index in [1.165, 1.54) is 24.3 Å². The summed E-state index contributed by atoms with van der Waals surface area (Å²) in [5.74, 6) is -0.341. The highest BCUT2D eigenvalue weighted by atomic mass is 19.1. The summed E-state index contributed by atoms with van der Waals surface area (Å²) in [6.45, 7) is 1.35. The van der Waals surface area contributed by atoms with E-state index in [0.717, 1.165) is 25.1 Å². The van der Waals surface area contributed by atoms with E-state index < -0.39 is 0 Å². The number of rotatable bonds is 3. The number of hydrogen-bond donors (Lipinski definition) is 1. The maximum absolute atomic E-state index is 13.4. The van der Waals surface area contributed by atoms with Crippen LogP contribution >= 0.6 is 0 Å². The number of aromatic amines is 1. The number of benzene rings is 1. The molecule has 2 heterocycles. The molecule has 0 aliphatic carbocycles. The predicted molar refractivity (Wildman–Crippen MR) is 78.4 cm³/mol. The standard InChI is InChI=1S/C16H15FN4O/c17-13-4-3-11(9-18)12(8-13)10-21-7-1-2-15(21)14-5-6-16(22)20-19-14/h3-6,8,15H,1-2,7,10H2,(H,20,22). The number of likely N-dealkylation sites (tertiary alicyclic amines) is 1. The smallest absolute Gasteiger partial charge is 0.264 e. The highest BCUT2D eigenvalue weighted by molar-refractivity contribution is 5.38. The maximum Gasteiger partial charge on any atom is 0.264 e. The molecule has 0 bridgehead atoms. The Kier molecular flexibility index (Phi) is 3.98. The van der Waals surface area contributed by atoms with Crippen LogP contribution in [0, 0.1) is 17.1 Å². The minimum atomic E-state index is -0.341. The van der Waals surface area contributed by atoms with Crippen LogP contribution in [0.2, 0.25) is 0 Å². The first-order valence-corrected chi connectivity index (χ1v) is 7.15. The van der Waals surface area contributed by atoms with Gasteiger partial charge in [0.2, 0.25) is 0 Å². The predicted octanol–water partition coefficient (Wildman–Crippen LogP) is 2.12. The van der Waals surface area contributed by atoms with Gasteiger partial charge < -0.3 is 0 Å². The van der Waals surface area contributed by atoms with Crippen LogP contribution in [0.5, 0.6) is 0 Å². The topological polar surface area (TPSA) is 72.8 Å². The molecule has 1 aromatic heterocycles. The zero-order valence-electron chi connectivity index (χ0n) is 11.9. The van der Waals surface area contributed by atoms with Crippen LogP contribution in [0.1, 0.15) is 35.7 Å². The molecule has 5 nitrogen and oxygen atoms in total. The van der Waals surface area contributed by atoms with Gasteiger partial charge in [0.05, 0.1) is 23.4 Å². The van der Waals surface area contributed by atoms with Gasteiger partial charge in [-0.3, -0.25) is 9.69 Å². The fraction of sp³-hybridized carbons (Fsp3) is 0.312. The van der Waals surface area contributed by atoms with Gasteiger partial charge in [0.25, 0.3) is 5.56 Å². The number of hydrogen-bond acceptors (Lipinski definition) is 4. The number of nitrogens with zero attached hydrogens (tertiary/aromatic N) is 3. The zero-order valence-corrected chi connectivity index (χ0v) is 11.9. The Labute approximate surface area is 127 Å². The molecule has 1 saturated heterocycles. The summed E-state index contributed by atoms with van der Waals surface area (Å²) in [5, 5.41) is 15.7. The number of aromatic nitrogens is 2. The summed E-state index contributed by atoms with van der Waals surface area (Å²) in [6.07, 6.45) is 1.93. The van der Waals surface area contributed by atoms with E-state index in [9.17, 15) is 9.18 Å². The van der Waals surface area contributed by atoms with E-state index in [0.29, 0.717) is 17.7 Å². The average Bonchev–Trinajstić information content (AvgIpc) is 2.96. The minimum Gasteiger partial charge on any atom is -0.290 e. The molecule has 1 aromatic carbocycles. The van der Waals surface area contributed by atoms with Crippen molar-refractivity contribution in [1.82, 2.24) is 15.1 Å². The van der Waals surface area contributed by atoms with Gasteiger partial charge in [0, 0.05) is 12.6 Å². The fourth-order valence-electron chi connectivity index (χ4n) is 2.91. The number of nitriles is 1. The lowest BCUT2D eigenvalue weighted by Crippen LogP contribution is -2.25. The SMILES string of the molecule is N#Cc1ccc(F)cc1CN1CCCC1c1ccc(=O)[nH]n1. The first-order chi connectivity index (χ1) is 10.7. The third-order valence-corrected chi connectivity index (χ3v) is 3.97. The van der Waals surface area contributed by atoms with E-state index >= 15 is 0 Å². The average molecular weight is 298 g/mol. The molecular formula is C16H15FN4O. The Morgan fingerprint density at radius 3 is 3.00 bits per heavy atom. The van der Waals surface area contributed by atoms with Crippen molar-refractivity contribution >= 4 is 0 Å². The van der Waals surface area contributed by atoms with Crippen LogP contribution in [0.4, 0.5) is 4.39 Å². The molecule has 1 atom stereocenters. The summed E-state index contributed by atoms with van der Waals surface area (Å²) >= 11 is 0. The molecule has 0 spiro atoms. The van der Waals surface area contributed by atoms with Crippen LogP contribution in [-0.2, 0) is 6.54 Å². The lowest BCUT2D eigenvalue weighted by atomic mass is 10.1. The Balaban J connectivity index is 1.85. The normalized spacial score (nSPS) is 18.3. The Hall–Kier alpha value is -2.52. The quantitative estimate of drug-likeness (QED) is 0.942. The molecule has 0 radical (unpaired) electrons. The highest BCUT2D eigenvalue weighted by Gasteiger charge is 2.27. The van der Waals surface area contributed by atoms with Gasteiger partial charge in [-0.15, -0.1) is 0 Å². The van der Waals surface area contributed by atoms with Crippen molar-refractivity contribution in [3.63, 3.8) is 0 Å². The van der Waals surface area contributed by atoms with E-state index in [2.05, 4.69) is 21.2 Å². The highest BCUT2D eigenvalue weighted by Crippen LogP contribution is 2.32. The largest absolute Gasteiger partial charge is 0.290 e. The van der Waals surface area contributed by atoms with Crippen molar-refractivity contribution < 1.29 is 4.39 Å². The minimum absolute atomic E-state index is 0.0756. The second-order valence-corrected chi connectivity index (χ2v) is 5.39. The van der Waals surface area contributed by atoms with Crippen molar-refractivity contribution in [3.05, 3.63) is 63.3 Å². The molecule has 1 N–H and O–H groups in total. The second-order valence-electron chi connectivity index (χ2n) is 5.39. The van der Waals surface area contributed by atoms with E-state index in [4.69, 9.17) is 5.26 Å². The molecule has 6 heteroatoms. The summed E-state index contributed by atoms with van der Waals surface area (Å²) in [7, 11) is 0. The first-order valence-electron chi connectivity index (χ1n) is 7.15. The van der Waals surface area contributed by atoms with E-state index in [-0.39, 0.29) is 17.4 Å². The van der Waals surface area contributed by atoms with Gasteiger partial charge >= 0.3 is 0 Å². The van der Waals surface area contributed by atoms with Crippen molar-refractivity contribution in [2.45, 2.75) is 25.4 Å². The van der Waals surface area contributed by atoms with Crippen LogP contribution in [0.15, 0.2) is 35.1 Å². The number of halogens is 1. The summed E-state index contributed by atoms with van der Waals surface area (Å²) < 4.78 is 13.4. The summed E-state index contributed by atoms with van der Waals surface area (Å²) in [6, 6.07) is 9.58. The van der Waals surface area contributed by atoms with Gasteiger partial charge in [-0.1, -0.05) is 0 Å². The molecule has 1 aliphatic rings. The molecule has 22 heavy (non-hydrogen) atoms. The van der Waals surface area contributed by atoms with Gasteiger partial charge in [0.15, 0.2) is 0 Å². The molecular weight excluding hydrogens is 283 g/mol. The van der Waals surface area contributed by atoms with Gasteiger partial charge in [-0.2, -0.15) is 10.4 Å². The Morgan fingerprint density at radius 2 is 2.27 bits per heavy atom. The molecule has 1 unspecified atom stereocenters. The maximum atomic E-state index is 13.4. The number of nitrogens with one attached hydrogen (secondary N) is 1. The third kappa shape index (κ3) is 2.90. The summed E-state index contributed by atoms with van der Waals surface area (Å²) in [4.78, 5) is 13.3. The Morgan fingerprint density at radius 1 is 1.41 bits per heavy atom. The van der Waals surface area contributed by atoms with Gasteiger partial charge in [0.1, 0.15) is 5.82 Å². The van der Waals surface area contributed by atoms with Crippen LogP contribution < -0.4 is 5.56 Å². The molecule has 0 amide bonds. The van der Waals surface area contributed by atoms with Crippen molar-refractivity contribution in [1.29, 1.82) is 5.26 Å². The van der Waals surface area contributed by atoms with Crippen LogP contribution in [0.25, 0.3) is 0 Å². The summed E-state index contributed by atoms with van der Waals surface area (Å²) in [5.41, 5.74) is 1.73. The van der Waals surface area contributed by atoms with E-state index in [1.807, 2.05) is 0 Å². The van der Waals surface area contributed by atoms with Crippen LogP contribution in [-0.4, -0.2) is 21.6 Å². The monoisotopic (exact) mass is 298 g/mol.